The molecule has 1 N–H and O–H groups in total. The van der Waals surface area contributed by atoms with Gasteiger partial charge in [-0.3, -0.25) is 4.99 Å². The number of nitrogens with zero attached hydrogens (tertiary/aromatic N) is 1. The Hall–Kier alpha value is -2.75. The summed E-state index contributed by atoms with van der Waals surface area (Å²) in [4.78, 5) is 4.64. The number of allylic oxidation sites excluding steroid dienone is 2. The Morgan fingerprint density at radius 1 is 1.08 bits per heavy atom. The number of aliphatic imine (C=N–C) groups is 1. The van der Waals surface area contributed by atoms with Gasteiger partial charge in [0, 0.05) is 6.21 Å². The number of para-hydroxylation sites is 1. The highest BCUT2D eigenvalue weighted by atomic mass is 16.5. The van der Waals surface area contributed by atoms with Crippen LogP contribution in [0.3, 0.4) is 0 Å². The molecule has 1 aliphatic carbocycles. The first-order chi connectivity index (χ1) is 11.7. The van der Waals surface area contributed by atoms with Crippen molar-refractivity contribution >= 4 is 17.5 Å². The topological polar surface area (TPSA) is 51.0 Å². The second kappa shape index (κ2) is 5.41. The molecule has 4 rings (SSSR count). The monoisotopic (exact) mass is 321 g/mol. The van der Waals surface area contributed by atoms with Crippen molar-refractivity contribution in [3.05, 3.63) is 53.6 Å². The van der Waals surface area contributed by atoms with Crippen molar-refractivity contribution in [3.63, 3.8) is 0 Å². The Morgan fingerprint density at radius 2 is 1.79 bits per heavy atom. The Bertz CT molecular complexity index is 844. The van der Waals surface area contributed by atoms with Crippen molar-refractivity contribution < 1.29 is 14.6 Å². The van der Waals surface area contributed by atoms with Crippen LogP contribution in [0.15, 0.2) is 47.5 Å². The van der Waals surface area contributed by atoms with Crippen LogP contribution >= 0.6 is 0 Å². The average molecular weight is 321 g/mol. The minimum atomic E-state index is -0.205. The van der Waals surface area contributed by atoms with Gasteiger partial charge in [0.05, 0.1) is 25.3 Å². The highest BCUT2D eigenvalue weighted by Crippen LogP contribution is 2.53. The predicted octanol–water partition coefficient (Wildman–Crippen LogP) is 4.24. The van der Waals surface area contributed by atoms with Gasteiger partial charge in [-0.1, -0.05) is 24.3 Å². The molecule has 0 radical (unpaired) electrons. The van der Waals surface area contributed by atoms with Gasteiger partial charge in [0.1, 0.15) is 0 Å². The van der Waals surface area contributed by atoms with Gasteiger partial charge in [0.25, 0.3) is 0 Å². The zero-order valence-electron chi connectivity index (χ0n) is 13.7. The maximum atomic E-state index is 10.2. The van der Waals surface area contributed by atoms with Crippen LogP contribution in [0, 0.1) is 0 Å². The SMILES string of the molecule is COc1cc(C2=CCC[C@@]23C=Nc2ccccc23)cc(OC)c1O. The van der Waals surface area contributed by atoms with Gasteiger partial charge < -0.3 is 14.6 Å². The molecule has 0 amide bonds. The van der Waals surface area contributed by atoms with Gasteiger partial charge >= 0.3 is 0 Å². The molecule has 24 heavy (non-hydrogen) atoms. The maximum Gasteiger partial charge on any atom is 0.200 e. The molecule has 122 valence electrons. The average Bonchev–Trinajstić information content (AvgIpc) is 3.21. The van der Waals surface area contributed by atoms with E-state index in [0.29, 0.717) is 11.5 Å². The Labute approximate surface area is 141 Å². The number of aromatic hydroxyl groups is 1. The van der Waals surface area contributed by atoms with E-state index in [2.05, 4.69) is 35.5 Å². The Morgan fingerprint density at radius 3 is 2.50 bits per heavy atom. The van der Waals surface area contributed by atoms with Crippen LogP contribution in [0.25, 0.3) is 5.57 Å². The number of benzene rings is 2. The molecular formula is C20H19NO3. The lowest BCUT2D eigenvalue weighted by molar-refractivity contribution is 0.339. The summed E-state index contributed by atoms with van der Waals surface area (Å²) in [6.07, 6.45) is 6.29. The highest BCUT2D eigenvalue weighted by molar-refractivity contribution is 6.01. The third kappa shape index (κ3) is 1.96. The molecular weight excluding hydrogens is 302 g/mol. The van der Waals surface area contributed by atoms with Gasteiger partial charge in [-0.2, -0.15) is 0 Å². The molecule has 2 aliphatic rings. The summed E-state index contributed by atoms with van der Waals surface area (Å²) in [5, 5.41) is 10.2. The fraction of sp³-hybridized carbons (Fsp3) is 0.250. The standard InChI is InChI=1S/C20H19NO3/c1-23-17-10-13(11-18(24-2)19(17)22)14-7-5-9-20(14)12-21-16-8-4-3-6-15(16)20/h3-4,6-8,10-12,22H,5,9H2,1-2H3/t20-/m1/s1. The summed E-state index contributed by atoms with van der Waals surface area (Å²) in [5.41, 5.74) is 4.24. The quantitative estimate of drug-likeness (QED) is 0.920. The number of ether oxygens (including phenoxy) is 2. The van der Waals surface area contributed by atoms with Crippen molar-refractivity contribution in [2.45, 2.75) is 18.3 Å². The van der Waals surface area contributed by atoms with Crippen LogP contribution in [0.5, 0.6) is 17.2 Å². The number of rotatable bonds is 3. The Kier molecular flexibility index (Phi) is 3.34. The smallest absolute Gasteiger partial charge is 0.200 e. The van der Waals surface area contributed by atoms with Gasteiger partial charge in [-0.15, -0.1) is 0 Å². The van der Waals surface area contributed by atoms with Crippen LogP contribution in [0.4, 0.5) is 5.69 Å². The van der Waals surface area contributed by atoms with Crippen LogP contribution in [0.1, 0.15) is 24.0 Å². The summed E-state index contributed by atoms with van der Waals surface area (Å²) in [6.45, 7) is 0. The van der Waals surface area contributed by atoms with E-state index in [-0.39, 0.29) is 11.2 Å². The molecule has 0 saturated heterocycles. The molecule has 2 aromatic carbocycles. The molecule has 2 aromatic rings. The molecule has 0 unspecified atom stereocenters. The van der Waals surface area contributed by atoms with E-state index >= 15 is 0 Å². The normalized spacial score (nSPS) is 21.0. The minimum absolute atomic E-state index is 0.0249. The van der Waals surface area contributed by atoms with E-state index in [0.717, 1.165) is 24.1 Å². The molecule has 1 heterocycles. The lowest BCUT2D eigenvalue weighted by Gasteiger charge is -2.27. The van der Waals surface area contributed by atoms with Crippen molar-refractivity contribution in [2.75, 3.05) is 14.2 Å². The molecule has 1 atom stereocenters. The zero-order chi connectivity index (χ0) is 16.7. The van der Waals surface area contributed by atoms with Crippen LogP contribution in [-0.4, -0.2) is 25.5 Å². The second-order valence-electron chi connectivity index (χ2n) is 6.13. The van der Waals surface area contributed by atoms with E-state index in [1.807, 2.05) is 18.2 Å². The lowest BCUT2D eigenvalue weighted by Crippen LogP contribution is -2.24. The number of phenolic OH excluding ortho intramolecular Hbond substituents is 1. The summed E-state index contributed by atoms with van der Waals surface area (Å²) in [7, 11) is 3.09. The number of hydrogen-bond donors (Lipinski definition) is 1. The van der Waals surface area contributed by atoms with Crippen LogP contribution < -0.4 is 9.47 Å². The minimum Gasteiger partial charge on any atom is -0.502 e. The number of methoxy groups -OCH3 is 2. The predicted molar refractivity (Wildman–Crippen MR) is 94.7 cm³/mol. The molecule has 0 aromatic heterocycles. The van der Waals surface area contributed by atoms with E-state index in [4.69, 9.17) is 9.47 Å². The van der Waals surface area contributed by atoms with Crippen molar-refractivity contribution in [3.8, 4) is 17.2 Å². The number of phenols is 1. The fourth-order valence-electron chi connectivity index (χ4n) is 3.81. The second-order valence-corrected chi connectivity index (χ2v) is 6.13. The van der Waals surface area contributed by atoms with Crippen molar-refractivity contribution in [2.24, 2.45) is 4.99 Å². The molecule has 0 saturated carbocycles. The van der Waals surface area contributed by atoms with E-state index < -0.39 is 0 Å². The van der Waals surface area contributed by atoms with Crippen molar-refractivity contribution in [1.82, 2.24) is 0 Å². The van der Waals surface area contributed by atoms with Crippen LogP contribution in [0.2, 0.25) is 0 Å². The van der Waals surface area contributed by atoms with Crippen LogP contribution in [-0.2, 0) is 5.41 Å². The lowest BCUT2D eigenvalue weighted by atomic mass is 9.74. The van der Waals surface area contributed by atoms with Gasteiger partial charge in [0.2, 0.25) is 5.75 Å². The van der Waals surface area contributed by atoms with Gasteiger partial charge in [0.15, 0.2) is 11.5 Å². The number of fused-ring (bicyclic) bond motifs is 2. The van der Waals surface area contributed by atoms with Gasteiger partial charge in [-0.05, 0) is 47.7 Å². The summed E-state index contributed by atoms with van der Waals surface area (Å²) in [6, 6.07) is 12.0. The summed E-state index contributed by atoms with van der Waals surface area (Å²) in [5.74, 6) is 0.850. The largest absolute Gasteiger partial charge is 0.502 e. The molecule has 1 aliphatic heterocycles. The first-order valence-electron chi connectivity index (χ1n) is 8.00. The zero-order valence-corrected chi connectivity index (χ0v) is 13.7. The Balaban J connectivity index is 1.88. The summed E-state index contributed by atoms with van der Waals surface area (Å²) < 4.78 is 10.6. The van der Waals surface area contributed by atoms with Crippen molar-refractivity contribution in [1.29, 1.82) is 0 Å². The van der Waals surface area contributed by atoms with E-state index in [1.165, 1.54) is 11.1 Å². The number of hydrogen-bond acceptors (Lipinski definition) is 4. The molecule has 4 nitrogen and oxygen atoms in total. The molecule has 1 spiro atoms. The van der Waals surface area contributed by atoms with E-state index in [1.54, 1.807) is 14.2 Å². The third-order valence-corrected chi connectivity index (χ3v) is 4.97. The molecule has 0 fully saturated rings. The first-order valence-corrected chi connectivity index (χ1v) is 8.00. The summed E-state index contributed by atoms with van der Waals surface area (Å²) >= 11 is 0. The fourth-order valence-corrected chi connectivity index (χ4v) is 3.81. The third-order valence-electron chi connectivity index (χ3n) is 4.97. The van der Waals surface area contributed by atoms with Gasteiger partial charge in [-0.25, -0.2) is 0 Å². The molecule has 0 bridgehead atoms. The maximum absolute atomic E-state index is 10.2. The molecule has 4 heteroatoms. The first kappa shape index (κ1) is 14.8. The van der Waals surface area contributed by atoms with E-state index in [9.17, 15) is 5.11 Å². The highest BCUT2D eigenvalue weighted by Gasteiger charge is 2.42.